The maximum absolute atomic E-state index is 12.8. The molecule has 1 aromatic heterocycles. The van der Waals surface area contributed by atoms with Crippen molar-refractivity contribution in [2.24, 2.45) is 0 Å². The molecule has 0 aliphatic heterocycles. The number of nitrogens with one attached hydrogen (secondary N) is 2. The lowest BCUT2D eigenvalue weighted by atomic mass is 10.1. The molecular formula is C20H19F3N2O4S. The number of carbonyl (C=O) groups excluding carboxylic acids is 1. The van der Waals surface area contributed by atoms with Crippen LogP contribution in [-0.4, -0.2) is 20.9 Å². The van der Waals surface area contributed by atoms with Crippen LogP contribution in [0.2, 0.25) is 0 Å². The zero-order valence-corrected chi connectivity index (χ0v) is 16.9. The first-order valence-corrected chi connectivity index (χ1v) is 10.4. The Bertz CT molecular complexity index is 1190. The molecule has 1 amide bonds. The molecule has 0 spiro atoms. The van der Waals surface area contributed by atoms with Gasteiger partial charge in [-0.3, -0.25) is 4.79 Å². The molecule has 0 bridgehead atoms. The van der Waals surface area contributed by atoms with Crippen molar-refractivity contribution in [2.75, 3.05) is 6.54 Å². The van der Waals surface area contributed by atoms with Gasteiger partial charge in [-0.25, -0.2) is 13.1 Å². The van der Waals surface area contributed by atoms with Gasteiger partial charge in [0.25, 0.3) is 0 Å². The first kappa shape index (κ1) is 21.8. The predicted octanol–water partition coefficient (Wildman–Crippen LogP) is 3.92. The Kier molecular flexibility index (Phi) is 5.91. The molecule has 2 aromatic carbocycles. The Labute approximate surface area is 171 Å². The summed E-state index contributed by atoms with van der Waals surface area (Å²) in [6.45, 7) is 2.90. The normalized spacial score (nSPS) is 13.4. The van der Waals surface area contributed by atoms with Crippen LogP contribution in [-0.2, 0) is 21.0 Å². The number of carbonyl (C=O) groups is 1. The summed E-state index contributed by atoms with van der Waals surface area (Å²) in [5.74, 6) is -0.122. The molecule has 160 valence electrons. The first-order valence-electron chi connectivity index (χ1n) is 8.93. The lowest BCUT2D eigenvalue weighted by Gasteiger charge is -2.14. The predicted molar refractivity (Wildman–Crippen MR) is 104 cm³/mol. The van der Waals surface area contributed by atoms with Crippen molar-refractivity contribution in [3.63, 3.8) is 0 Å². The smallest absolute Gasteiger partial charge is 0.416 e. The van der Waals surface area contributed by atoms with Crippen molar-refractivity contribution < 1.29 is 30.8 Å². The fourth-order valence-corrected chi connectivity index (χ4v) is 4.08. The van der Waals surface area contributed by atoms with Crippen LogP contribution in [0.1, 0.15) is 29.9 Å². The van der Waals surface area contributed by atoms with Gasteiger partial charge in [0, 0.05) is 10.9 Å². The molecular weight excluding hydrogens is 421 g/mol. The largest absolute Gasteiger partial charge is 0.459 e. The van der Waals surface area contributed by atoms with Crippen LogP contribution in [0.25, 0.3) is 11.0 Å². The van der Waals surface area contributed by atoms with Gasteiger partial charge < -0.3 is 9.73 Å². The summed E-state index contributed by atoms with van der Waals surface area (Å²) in [4.78, 5) is 11.6. The molecule has 3 aromatic rings. The molecule has 1 atom stereocenters. The minimum absolute atomic E-state index is 0.515. The van der Waals surface area contributed by atoms with Crippen molar-refractivity contribution in [1.82, 2.24) is 10.0 Å². The Hall–Kier alpha value is -2.85. The van der Waals surface area contributed by atoms with Gasteiger partial charge in [-0.2, -0.15) is 13.2 Å². The van der Waals surface area contributed by atoms with Crippen molar-refractivity contribution in [3.8, 4) is 0 Å². The Morgan fingerprint density at radius 3 is 2.50 bits per heavy atom. The Morgan fingerprint density at radius 2 is 1.83 bits per heavy atom. The van der Waals surface area contributed by atoms with E-state index < -0.39 is 45.2 Å². The van der Waals surface area contributed by atoms with Crippen molar-refractivity contribution >= 4 is 26.9 Å². The summed E-state index contributed by atoms with van der Waals surface area (Å²) in [5, 5.41) is 3.52. The lowest BCUT2D eigenvalue weighted by Crippen LogP contribution is -2.38. The highest BCUT2D eigenvalue weighted by Crippen LogP contribution is 2.31. The van der Waals surface area contributed by atoms with E-state index in [1.165, 1.54) is 0 Å². The fourth-order valence-electron chi connectivity index (χ4n) is 3.05. The number of halogens is 3. The van der Waals surface area contributed by atoms with Gasteiger partial charge in [-0.05, 0) is 38.1 Å². The van der Waals surface area contributed by atoms with Crippen LogP contribution in [0.4, 0.5) is 13.2 Å². The van der Waals surface area contributed by atoms with Gasteiger partial charge in [-0.15, -0.1) is 0 Å². The number of aryl methyl sites for hydroxylation is 1. The summed E-state index contributed by atoms with van der Waals surface area (Å²) in [7, 11) is -4.30. The van der Waals surface area contributed by atoms with E-state index in [9.17, 15) is 26.4 Å². The van der Waals surface area contributed by atoms with Crippen LogP contribution in [0.3, 0.4) is 0 Å². The number of furan rings is 1. The standard InChI is InChI=1S/C20H19F3N2O4S/c1-12-16-8-3-4-9-17(16)29-19(12)13(2)25-18(26)11-24-30(27,28)15-7-5-6-14(10-15)20(21,22)23/h3-10,13,24H,11H2,1-2H3,(H,25,26). The Balaban J connectivity index is 1.67. The summed E-state index contributed by atoms with van der Waals surface area (Å²) < 4.78 is 70.7. The zero-order valence-electron chi connectivity index (χ0n) is 16.1. The van der Waals surface area contributed by atoms with E-state index in [4.69, 9.17) is 4.42 Å². The van der Waals surface area contributed by atoms with E-state index in [-0.39, 0.29) is 0 Å². The second kappa shape index (κ2) is 8.11. The first-order chi connectivity index (χ1) is 14.0. The third-order valence-electron chi connectivity index (χ3n) is 4.55. The number of para-hydroxylation sites is 1. The highest BCUT2D eigenvalue weighted by atomic mass is 32.2. The molecule has 0 saturated carbocycles. The molecule has 0 saturated heterocycles. The van der Waals surface area contributed by atoms with Crippen molar-refractivity contribution in [1.29, 1.82) is 0 Å². The molecule has 0 aliphatic carbocycles. The number of hydrogen-bond acceptors (Lipinski definition) is 4. The third-order valence-corrected chi connectivity index (χ3v) is 5.94. The average Bonchev–Trinajstić information content (AvgIpc) is 3.03. The highest BCUT2D eigenvalue weighted by Gasteiger charge is 2.31. The maximum atomic E-state index is 12.8. The maximum Gasteiger partial charge on any atom is 0.416 e. The van der Waals surface area contributed by atoms with Crippen LogP contribution in [0.15, 0.2) is 57.8 Å². The summed E-state index contributed by atoms with van der Waals surface area (Å²) in [6.07, 6.45) is -4.68. The third kappa shape index (κ3) is 4.65. The number of alkyl halides is 3. The summed E-state index contributed by atoms with van der Waals surface area (Å²) >= 11 is 0. The molecule has 0 radical (unpaired) electrons. The minimum atomic E-state index is -4.68. The number of fused-ring (bicyclic) bond motifs is 1. The second-order valence-corrected chi connectivity index (χ2v) is 8.49. The second-order valence-electron chi connectivity index (χ2n) is 6.73. The molecule has 1 heterocycles. The minimum Gasteiger partial charge on any atom is -0.459 e. The molecule has 30 heavy (non-hydrogen) atoms. The number of rotatable bonds is 6. The van der Waals surface area contributed by atoms with Crippen molar-refractivity contribution in [2.45, 2.75) is 31.0 Å². The topological polar surface area (TPSA) is 88.4 Å². The zero-order chi connectivity index (χ0) is 22.1. The average molecular weight is 440 g/mol. The van der Waals surface area contributed by atoms with E-state index in [0.29, 0.717) is 17.4 Å². The fraction of sp³-hybridized carbons (Fsp3) is 0.250. The van der Waals surface area contributed by atoms with E-state index in [2.05, 4.69) is 5.32 Å². The van der Waals surface area contributed by atoms with Gasteiger partial charge >= 0.3 is 6.18 Å². The van der Waals surface area contributed by atoms with Crippen LogP contribution < -0.4 is 10.0 Å². The van der Waals surface area contributed by atoms with Gasteiger partial charge in [-0.1, -0.05) is 24.3 Å². The number of benzene rings is 2. The van der Waals surface area contributed by atoms with Crippen LogP contribution >= 0.6 is 0 Å². The number of amides is 1. The highest BCUT2D eigenvalue weighted by molar-refractivity contribution is 7.89. The van der Waals surface area contributed by atoms with Crippen LogP contribution in [0.5, 0.6) is 0 Å². The van der Waals surface area contributed by atoms with Gasteiger partial charge in [0.2, 0.25) is 15.9 Å². The molecule has 0 aliphatic rings. The van der Waals surface area contributed by atoms with Gasteiger partial charge in [0.05, 0.1) is 23.0 Å². The van der Waals surface area contributed by atoms with E-state index in [0.717, 1.165) is 29.1 Å². The quantitative estimate of drug-likeness (QED) is 0.608. The van der Waals surface area contributed by atoms with Crippen molar-refractivity contribution in [3.05, 3.63) is 65.4 Å². The number of hydrogen-bond donors (Lipinski definition) is 2. The number of sulfonamides is 1. The van der Waals surface area contributed by atoms with Gasteiger partial charge in [0.1, 0.15) is 11.3 Å². The summed E-state index contributed by atoms with van der Waals surface area (Å²) in [6, 6.07) is 10.1. The molecule has 0 fully saturated rings. The molecule has 3 rings (SSSR count). The van der Waals surface area contributed by atoms with Gasteiger partial charge in [0.15, 0.2) is 0 Å². The monoisotopic (exact) mass is 440 g/mol. The van der Waals surface area contributed by atoms with E-state index >= 15 is 0 Å². The Morgan fingerprint density at radius 1 is 1.13 bits per heavy atom. The lowest BCUT2D eigenvalue weighted by molar-refractivity contribution is -0.137. The molecule has 2 N–H and O–H groups in total. The molecule has 1 unspecified atom stereocenters. The van der Waals surface area contributed by atoms with E-state index in [1.807, 2.05) is 29.8 Å². The summed E-state index contributed by atoms with van der Waals surface area (Å²) in [5.41, 5.74) is 0.420. The van der Waals surface area contributed by atoms with E-state index in [1.54, 1.807) is 13.0 Å². The molecule has 6 nitrogen and oxygen atoms in total. The molecule has 10 heteroatoms. The SMILES string of the molecule is Cc1c(C(C)NC(=O)CNS(=O)(=O)c2cccc(C(F)(F)F)c2)oc2ccccc12. The van der Waals surface area contributed by atoms with Crippen LogP contribution in [0, 0.1) is 6.92 Å².